The summed E-state index contributed by atoms with van der Waals surface area (Å²) in [5.41, 5.74) is 0. The lowest BCUT2D eigenvalue weighted by atomic mass is 10.2. The van der Waals surface area contributed by atoms with E-state index in [4.69, 9.17) is 17.1 Å². The first kappa shape index (κ1) is 11.8. The van der Waals surface area contributed by atoms with Crippen LogP contribution in [0.2, 0.25) is 0 Å². The van der Waals surface area contributed by atoms with Crippen molar-refractivity contribution in [3.63, 3.8) is 0 Å². The number of aromatic nitrogens is 1. The zero-order chi connectivity index (χ0) is 12.4. The molecule has 0 fully saturated rings. The monoisotopic (exact) mass is 247 g/mol. The van der Waals surface area contributed by atoms with E-state index in [1.807, 2.05) is 30.3 Å². The molecule has 1 aromatic carbocycles. The summed E-state index contributed by atoms with van der Waals surface area (Å²) in [5, 5.41) is 1.94. The molecule has 4 heteroatoms. The molecule has 2 rings (SSSR count). The quantitative estimate of drug-likeness (QED) is 0.764. The SMILES string of the molecule is CC(C)C(=O)On1ccc2ccccc2c1=S. The summed E-state index contributed by atoms with van der Waals surface area (Å²) in [6.07, 6.45) is 1.67. The normalized spacial score (nSPS) is 10.8. The second-order valence-electron chi connectivity index (χ2n) is 4.10. The number of benzene rings is 1. The molecule has 1 aromatic heterocycles. The Morgan fingerprint density at radius 3 is 2.71 bits per heavy atom. The summed E-state index contributed by atoms with van der Waals surface area (Å²) in [6.45, 7) is 3.57. The van der Waals surface area contributed by atoms with Crippen molar-refractivity contribution in [3.05, 3.63) is 41.2 Å². The van der Waals surface area contributed by atoms with Crippen LogP contribution in [0.1, 0.15) is 13.8 Å². The van der Waals surface area contributed by atoms with E-state index in [9.17, 15) is 4.79 Å². The second kappa shape index (κ2) is 4.67. The number of hydrogen-bond acceptors (Lipinski definition) is 3. The van der Waals surface area contributed by atoms with Crippen molar-refractivity contribution in [1.29, 1.82) is 0 Å². The maximum atomic E-state index is 11.5. The fourth-order valence-electron chi connectivity index (χ4n) is 1.45. The first-order valence-corrected chi connectivity index (χ1v) is 5.83. The summed E-state index contributed by atoms with van der Waals surface area (Å²) < 4.78 is 1.86. The van der Waals surface area contributed by atoms with Crippen molar-refractivity contribution in [1.82, 2.24) is 4.73 Å². The van der Waals surface area contributed by atoms with E-state index < -0.39 is 0 Å². The van der Waals surface area contributed by atoms with Crippen LogP contribution in [0.4, 0.5) is 0 Å². The van der Waals surface area contributed by atoms with Gasteiger partial charge >= 0.3 is 5.97 Å². The average molecular weight is 247 g/mol. The van der Waals surface area contributed by atoms with E-state index in [0.29, 0.717) is 4.64 Å². The first-order valence-electron chi connectivity index (χ1n) is 5.42. The van der Waals surface area contributed by atoms with Crippen LogP contribution in [0.15, 0.2) is 36.5 Å². The smallest absolute Gasteiger partial charge is 0.335 e. The largest absolute Gasteiger partial charge is 0.335 e. The van der Waals surface area contributed by atoms with Gasteiger partial charge in [-0.05, 0) is 11.5 Å². The highest BCUT2D eigenvalue weighted by Crippen LogP contribution is 2.14. The minimum absolute atomic E-state index is 0.177. The molecule has 0 saturated carbocycles. The van der Waals surface area contributed by atoms with Gasteiger partial charge in [0.2, 0.25) is 0 Å². The van der Waals surface area contributed by atoms with Crippen molar-refractivity contribution in [2.45, 2.75) is 13.8 Å². The Morgan fingerprint density at radius 2 is 2.00 bits per heavy atom. The van der Waals surface area contributed by atoms with E-state index in [1.54, 1.807) is 20.0 Å². The molecule has 0 aliphatic heterocycles. The molecule has 88 valence electrons. The van der Waals surface area contributed by atoms with Gasteiger partial charge in [0.05, 0.1) is 5.92 Å². The van der Waals surface area contributed by atoms with Crippen LogP contribution < -0.4 is 4.84 Å². The number of fused-ring (bicyclic) bond motifs is 1. The van der Waals surface area contributed by atoms with Crippen LogP contribution in [0.25, 0.3) is 10.8 Å². The summed E-state index contributed by atoms with van der Waals surface area (Å²) in [5.74, 6) is -0.472. The number of carbonyl (C=O) groups is 1. The number of carbonyl (C=O) groups excluding carboxylic acids is 1. The maximum Gasteiger partial charge on any atom is 0.335 e. The highest BCUT2D eigenvalue weighted by molar-refractivity contribution is 7.71. The van der Waals surface area contributed by atoms with Gasteiger partial charge in [0.1, 0.15) is 0 Å². The highest BCUT2D eigenvalue weighted by atomic mass is 32.1. The van der Waals surface area contributed by atoms with E-state index >= 15 is 0 Å². The third-order valence-electron chi connectivity index (χ3n) is 2.44. The lowest BCUT2D eigenvalue weighted by molar-refractivity contribution is -0.148. The van der Waals surface area contributed by atoms with E-state index in [2.05, 4.69) is 0 Å². The van der Waals surface area contributed by atoms with E-state index in [1.165, 1.54) is 4.73 Å². The fourth-order valence-corrected chi connectivity index (χ4v) is 1.73. The summed E-state index contributed by atoms with van der Waals surface area (Å²) in [7, 11) is 0. The van der Waals surface area contributed by atoms with Gasteiger partial charge in [-0.25, -0.2) is 4.79 Å². The maximum absolute atomic E-state index is 11.5. The van der Waals surface area contributed by atoms with Crippen molar-refractivity contribution in [2.75, 3.05) is 0 Å². The van der Waals surface area contributed by atoms with Crippen molar-refractivity contribution >= 4 is 29.0 Å². The molecule has 0 unspecified atom stereocenters. The fraction of sp³-hybridized carbons (Fsp3) is 0.231. The standard InChI is InChI=1S/C13H13NO2S/c1-9(2)13(15)16-14-8-7-10-5-3-4-6-11(10)12(14)17/h3-9H,1-2H3. The van der Waals surface area contributed by atoms with Gasteiger partial charge in [0, 0.05) is 11.6 Å². The molecule has 0 amide bonds. The molecule has 1 heterocycles. The first-order chi connectivity index (χ1) is 8.09. The Bertz CT molecular complexity index is 616. The van der Waals surface area contributed by atoms with E-state index in [0.717, 1.165) is 10.8 Å². The lowest BCUT2D eigenvalue weighted by Gasteiger charge is -2.10. The van der Waals surface area contributed by atoms with Crippen molar-refractivity contribution < 1.29 is 9.63 Å². The average Bonchev–Trinajstić information content (AvgIpc) is 2.33. The van der Waals surface area contributed by atoms with Gasteiger partial charge in [0.15, 0.2) is 4.64 Å². The number of nitrogens with zero attached hydrogens (tertiary/aromatic N) is 1. The van der Waals surface area contributed by atoms with Crippen molar-refractivity contribution in [2.24, 2.45) is 5.92 Å². The van der Waals surface area contributed by atoms with Gasteiger partial charge in [-0.1, -0.05) is 50.3 Å². The van der Waals surface area contributed by atoms with Crippen molar-refractivity contribution in [3.8, 4) is 0 Å². The molecule has 2 aromatic rings. The predicted molar refractivity (Wildman–Crippen MR) is 69.2 cm³/mol. The Morgan fingerprint density at radius 1 is 1.29 bits per heavy atom. The molecule has 0 aliphatic carbocycles. The van der Waals surface area contributed by atoms with Gasteiger partial charge < -0.3 is 4.84 Å². The molecular weight excluding hydrogens is 234 g/mol. The van der Waals surface area contributed by atoms with Gasteiger partial charge in [-0.3, -0.25) is 0 Å². The summed E-state index contributed by atoms with van der Waals surface area (Å²) >= 11 is 5.28. The van der Waals surface area contributed by atoms with Gasteiger partial charge in [0.25, 0.3) is 0 Å². The molecule has 0 N–H and O–H groups in total. The molecule has 17 heavy (non-hydrogen) atoms. The van der Waals surface area contributed by atoms with Crippen LogP contribution in [-0.2, 0) is 4.79 Å². The summed E-state index contributed by atoms with van der Waals surface area (Å²) in [6, 6.07) is 9.62. The van der Waals surface area contributed by atoms with Gasteiger partial charge in [-0.15, -0.1) is 0 Å². The summed E-state index contributed by atoms with van der Waals surface area (Å²) in [4.78, 5) is 16.7. The minimum Gasteiger partial charge on any atom is -0.335 e. The Labute approximate surface area is 105 Å². The Hall–Kier alpha value is -1.68. The second-order valence-corrected chi connectivity index (χ2v) is 4.49. The van der Waals surface area contributed by atoms with Crippen LogP contribution in [0, 0.1) is 10.6 Å². The van der Waals surface area contributed by atoms with Crippen LogP contribution >= 0.6 is 12.2 Å². The third kappa shape index (κ3) is 2.36. The molecule has 3 nitrogen and oxygen atoms in total. The molecule has 0 saturated heterocycles. The third-order valence-corrected chi connectivity index (χ3v) is 2.84. The van der Waals surface area contributed by atoms with Crippen LogP contribution in [0.3, 0.4) is 0 Å². The Kier molecular flexibility index (Phi) is 3.24. The topological polar surface area (TPSA) is 31.2 Å². The molecule has 0 aliphatic rings. The zero-order valence-electron chi connectivity index (χ0n) is 9.71. The number of hydrogen-bond donors (Lipinski definition) is 0. The van der Waals surface area contributed by atoms with Crippen LogP contribution in [-0.4, -0.2) is 10.7 Å². The van der Waals surface area contributed by atoms with E-state index in [-0.39, 0.29) is 11.9 Å². The molecule has 0 radical (unpaired) electrons. The zero-order valence-corrected chi connectivity index (χ0v) is 10.5. The molecule has 0 spiro atoms. The molecule has 0 bridgehead atoms. The molecule has 0 atom stereocenters. The minimum atomic E-state index is -0.295. The Balaban J connectivity index is 2.47. The molecular formula is C13H13NO2S. The van der Waals surface area contributed by atoms with Crippen LogP contribution in [0.5, 0.6) is 0 Å². The number of pyridine rings is 1. The highest BCUT2D eigenvalue weighted by Gasteiger charge is 2.10. The number of rotatable bonds is 2. The lowest BCUT2D eigenvalue weighted by Crippen LogP contribution is -2.24. The predicted octanol–water partition coefficient (Wildman–Crippen LogP) is 2.98. The van der Waals surface area contributed by atoms with Gasteiger partial charge in [-0.2, -0.15) is 4.73 Å².